The van der Waals surface area contributed by atoms with Gasteiger partial charge in [-0.15, -0.1) is 0 Å². The summed E-state index contributed by atoms with van der Waals surface area (Å²) in [5.74, 6) is 0. The number of nitrogens with zero attached hydrogens (tertiary/aromatic N) is 1. The number of nitro benzene ring substituents is 1. The average Bonchev–Trinajstić information content (AvgIpc) is 2.27. The molecular formula is C12H15BrN2O3. The molecule has 0 spiro atoms. The summed E-state index contributed by atoms with van der Waals surface area (Å²) in [5.41, 5.74) is 1.24. The number of nitrogens with one attached hydrogen (secondary N) is 1. The highest BCUT2D eigenvalue weighted by atomic mass is 79.9. The third kappa shape index (κ3) is 2.35. The van der Waals surface area contributed by atoms with E-state index in [9.17, 15) is 15.2 Å². The molecule has 1 fully saturated rings. The van der Waals surface area contributed by atoms with Crippen LogP contribution in [0.4, 0.5) is 11.4 Å². The van der Waals surface area contributed by atoms with Crippen molar-refractivity contribution in [2.75, 3.05) is 11.9 Å². The summed E-state index contributed by atoms with van der Waals surface area (Å²) in [4.78, 5) is 10.4. The highest BCUT2D eigenvalue weighted by molar-refractivity contribution is 9.10. The second-order valence-corrected chi connectivity index (χ2v) is 5.65. The first-order valence-corrected chi connectivity index (χ1v) is 6.60. The van der Waals surface area contributed by atoms with Crippen LogP contribution in [0.1, 0.15) is 24.8 Å². The lowest BCUT2D eigenvalue weighted by Crippen LogP contribution is -2.48. The SMILES string of the molecule is Cc1cc(NC2(CO)CCC2)c(Br)cc1[N+](=O)[O-]. The molecule has 6 heteroatoms. The maximum atomic E-state index is 10.8. The fourth-order valence-electron chi connectivity index (χ4n) is 2.18. The zero-order valence-electron chi connectivity index (χ0n) is 10.1. The van der Waals surface area contributed by atoms with Crippen LogP contribution < -0.4 is 5.32 Å². The summed E-state index contributed by atoms with van der Waals surface area (Å²) in [6, 6.07) is 3.25. The lowest BCUT2D eigenvalue weighted by Gasteiger charge is -2.42. The number of nitro groups is 1. The summed E-state index contributed by atoms with van der Waals surface area (Å²) in [5, 5.41) is 23.5. The van der Waals surface area contributed by atoms with Gasteiger partial charge in [0, 0.05) is 21.8 Å². The van der Waals surface area contributed by atoms with Gasteiger partial charge >= 0.3 is 0 Å². The van der Waals surface area contributed by atoms with Crippen LogP contribution in [0.2, 0.25) is 0 Å². The number of aliphatic hydroxyl groups excluding tert-OH is 1. The summed E-state index contributed by atoms with van der Waals surface area (Å²) in [6.07, 6.45) is 2.94. The van der Waals surface area contributed by atoms with Crippen LogP contribution in [0.25, 0.3) is 0 Å². The minimum Gasteiger partial charge on any atom is -0.394 e. The minimum atomic E-state index is -0.394. The van der Waals surface area contributed by atoms with Gasteiger partial charge in [-0.25, -0.2) is 0 Å². The van der Waals surface area contributed by atoms with Crippen LogP contribution in [0, 0.1) is 17.0 Å². The molecule has 0 unspecified atom stereocenters. The Balaban J connectivity index is 2.29. The van der Waals surface area contributed by atoms with Gasteiger partial charge < -0.3 is 10.4 Å². The molecule has 0 saturated heterocycles. The van der Waals surface area contributed by atoms with E-state index in [-0.39, 0.29) is 17.8 Å². The van der Waals surface area contributed by atoms with Gasteiger partial charge in [0.15, 0.2) is 0 Å². The molecule has 0 heterocycles. The van der Waals surface area contributed by atoms with Crippen LogP contribution in [0.15, 0.2) is 16.6 Å². The number of aryl methyl sites for hydroxylation is 1. The highest BCUT2D eigenvalue weighted by Gasteiger charge is 2.36. The first kappa shape index (κ1) is 13.3. The van der Waals surface area contributed by atoms with Gasteiger partial charge in [-0.2, -0.15) is 0 Å². The Bertz CT molecular complexity index is 481. The van der Waals surface area contributed by atoms with Crippen molar-refractivity contribution in [1.82, 2.24) is 0 Å². The maximum absolute atomic E-state index is 10.8. The van der Waals surface area contributed by atoms with Gasteiger partial charge in [0.1, 0.15) is 0 Å². The van der Waals surface area contributed by atoms with Crippen LogP contribution >= 0.6 is 15.9 Å². The molecule has 0 atom stereocenters. The first-order chi connectivity index (χ1) is 8.47. The van der Waals surface area contributed by atoms with Crippen molar-refractivity contribution in [2.45, 2.75) is 31.7 Å². The topological polar surface area (TPSA) is 75.4 Å². The number of benzene rings is 1. The molecule has 1 saturated carbocycles. The number of rotatable bonds is 4. The van der Waals surface area contributed by atoms with Crippen molar-refractivity contribution in [3.63, 3.8) is 0 Å². The Morgan fingerprint density at radius 2 is 2.22 bits per heavy atom. The van der Waals surface area contributed by atoms with E-state index in [0.717, 1.165) is 24.9 Å². The molecule has 1 aliphatic rings. The largest absolute Gasteiger partial charge is 0.394 e. The van der Waals surface area contributed by atoms with Crippen LogP contribution in [0.5, 0.6) is 0 Å². The fraction of sp³-hybridized carbons (Fsp3) is 0.500. The van der Waals surface area contributed by atoms with Gasteiger partial charge in [0.05, 0.1) is 17.1 Å². The van der Waals surface area contributed by atoms with E-state index < -0.39 is 4.92 Å². The number of aliphatic hydroxyl groups is 1. The quantitative estimate of drug-likeness (QED) is 0.661. The van der Waals surface area contributed by atoms with Gasteiger partial charge in [-0.05, 0) is 48.2 Å². The van der Waals surface area contributed by atoms with Crippen molar-refractivity contribution in [3.05, 3.63) is 32.3 Å². The molecule has 1 aliphatic carbocycles. The van der Waals surface area contributed by atoms with Crippen LogP contribution in [-0.2, 0) is 0 Å². The molecule has 5 nitrogen and oxygen atoms in total. The third-order valence-electron chi connectivity index (χ3n) is 3.50. The van der Waals surface area contributed by atoms with E-state index in [4.69, 9.17) is 0 Å². The fourth-order valence-corrected chi connectivity index (χ4v) is 2.61. The monoisotopic (exact) mass is 314 g/mol. The Labute approximate surface area is 113 Å². The Kier molecular flexibility index (Phi) is 3.59. The van der Waals surface area contributed by atoms with Crippen molar-refractivity contribution in [2.24, 2.45) is 0 Å². The normalized spacial score (nSPS) is 17.1. The molecule has 0 aromatic heterocycles. The van der Waals surface area contributed by atoms with E-state index in [1.54, 1.807) is 13.0 Å². The predicted molar refractivity (Wildman–Crippen MR) is 72.8 cm³/mol. The van der Waals surface area contributed by atoms with E-state index in [1.165, 1.54) is 6.07 Å². The molecular weight excluding hydrogens is 300 g/mol. The van der Waals surface area contributed by atoms with E-state index in [1.807, 2.05) is 0 Å². The molecule has 98 valence electrons. The molecule has 0 aliphatic heterocycles. The van der Waals surface area contributed by atoms with E-state index in [0.29, 0.717) is 10.0 Å². The standard InChI is InChI=1S/C12H15BrN2O3/c1-8-5-10(9(13)6-11(8)15(17)18)14-12(7-16)3-2-4-12/h5-6,14,16H,2-4,7H2,1H3. The van der Waals surface area contributed by atoms with Crippen molar-refractivity contribution >= 4 is 27.3 Å². The van der Waals surface area contributed by atoms with Gasteiger partial charge in [0.25, 0.3) is 5.69 Å². The molecule has 18 heavy (non-hydrogen) atoms. The van der Waals surface area contributed by atoms with Gasteiger partial charge in [0.2, 0.25) is 0 Å². The third-order valence-corrected chi connectivity index (χ3v) is 4.15. The van der Waals surface area contributed by atoms with E-state index in [2.05, 4.69) is 21.2 Å². The summed E-state index contributed by atoms with van der Waals surface area (Å²) in [6.45, 7) is 1.79. The Morgan fingerprint density at radius 3 is 2.67 bits per heavy atom. The molecule has 0 bridgehead atoms. The van der Waals surface area contributed by atoms with Crippen molar-refractivity contribution in [1.29, 1.82) is 0 Å². The van der Waals surface area contributed by atoms with Crippen molar-refractivity contribution < 1.29 is 10.0 Å². The number of anilines is 1. The molecule has 2 rings (SSSR count). The smallest absolute Gasteiger partial charge is 0.273 e. The van der Waals surface area contributed by atoms with Gasteiger partial charge in [-0.1, -0.05) is 0 Å². The van der Waals surface area contributed by atoms with Crippen LogP contribution in [-0.4, -0.2) is 22.2 Å². The lowest BCUT2D eigenvalue weighted by molar-refractivity contribution is -0.385. The second kappa shape index (κ2) is 4.85. The van der Waals surface area contributed by atoms with Gasteiger partial charge in [-0.3, -0.25) is 10.1 Å². The number of halogens is 1. The maximum Gasteiger partial charge on any atom is 0.273 e. The zero-order chi connectivity index (χ0) is 13.3. The van der Waals surface area contributed by atoms with Crippen LogP contribution in [0.3, 0.4) is 0 Å². The molecule has 1 aromatic carbocycles. The Hall–Kier alpha value is -1.14. The zero-order valence-corrected chi connectivity index (χ0v) is 11.7. The average molecular weight is 315 g/mol. The molecule has 2 N–H and O–H groups in total. The van der Waals surface area contributed by atoms with E-state index >= 15 is 0 Å². The molecule has 1 aromatic rings. The first-order valence-electron chi connectivity index (χ1n) is 5.81. The second-order valence-electron chi connectivity index (χ2n) is 4.79. The molecule has 0 amide bonds. The highest BCUT2D eigenvalue weighted by Crippen LogP contribution is 2.38. The summed E-state index contributed by atoms with van der Waals surface area (Å²) >= 11 is 3.34. The number of hydrogen-bond acceptors (Lipinski definition) is 4. The number of hydrogen-bond donors (Lipinski definition) is 2. The predicted octanol–water partition coefficient (Wildman–Crippen LogP) is 2.99. The Morgan fingerprint density at radius 1 is 1.56 bits per heavy atom. The lowest BCUT2D eigenvalue weighted by atomic mass is 9.77. The molecule has 0 radical (unpaired) electrons. The minimum absolute atomic E-state index is 0.0788. The summed E-state index contributed by atoms with van der Waals surface area (Å²) in [7, 11) is 0. The summed E-state index contributed by atoms with van der Waals surface area (Å²) < 4.78 is 0.652. The van der Waals surface area contributed by atoms with Crippen molar-refractivity contribution in [3.8, 4) is 0 Å².